The molecule has 7 nitrogen and oxygen atoms in total. The number of primary amides is 1. The van der Waals surface area contributed by atoms with E-state index in [4.69, 9.17) is 20.5 Å². The van der Waals surface area contributed by atoms with Gasteiger partial charge >= 0.3 is 11.9 Å². The van der Waals surface area contributed by atoms with Crippen molar-refractivity contribution in [1.29, 1.82) is 5.26 Å². The highest BCUT2D eigenvalue weighted by molar-refractivity contribution is 5.99. The van der Waals surface area contributed by atoms with E-state index >= 15 is 0 Å². The van der Waals surface area contributed by atoms with E-state index in [1.807, 2.05) is 26.0 Å². The minimum Gasteiger partial charge on any atom is -0.465 e. The van der Waals surface area contributed by atoms with Crippen LogP contribution in [0.1, 0.15) is 117 Å². The predicted octanol–water partition coefficient (Wildman–Crippen LogP) is 5.70. The van der Waals surface area contributed by atoms with E-state index in [2.05, 4.69) is 6.07 Å². The van der Waals surface area contributed by atoms with Crippen LogP contribution in [0.2, 0.25) is 0 Å². The van der Waals surface area contributed by atoms with Crippen molar-refractivity contribution in [2.24, 2.45) is 5.73 Å². The SMILES string of the molecule is C.COC(=O)c1cc(C#N)c(C2CCC2)cc1C.COC(=O)c1cc(C(N)=O)c(C2CCC2)cc1C. The van der Waals surface area contributed by atoms with Crippen molar-refractivity contribution in [3.63, 3.8) is 0 Å². The predicted molar refractivity (Wildman–Crippen MR) is 138 cm³/mol. The van der Waals surface area contributed by atoms with Gasteiger partial charge < -0.3 is 15.2 Å². The molecule has 0 atom stereocenters. The van der Waals surface area contributed by atoms with E-state index in [0.717, 1.165) is 47.9 Å². The van der Waals surface area contributed by atoms with Crippen molar-refractivity contribution < 1.29 is 23.9 Å². The van der Waals surface area contributed by atoms with Crippen LogP contribution >= 0.6 is 0 Å². The van der Waals surface area contributed by atoms with Gasteiger partial charge in [-0.15, -0.1) is 0 Å². The molecule has 0 bridgehead atoms. The van der Waals surface area contributed by atoms with Gasteiger partial charge in [-0.2, -0.15) is 5.26 Å². The summed E-state index contributed by atoms with van der Waals surface area (Å²) >= 11 is 0. The fraction of sp³-hybridized carbons (Fsp3) is 0.448. The summed E-state index contributed by atoms with van der Waals surface area (Å²) in [5.74, 6) is -0.399. The number of rotatable bonds is 5. The van der Waals surface area contributed by atoms with Gasteiger partial charge in [0, 0.05) is 5.56 Å². The smallest absolute Gasteiger partial charge is 0.338 e. The summed E-state index contributed by atoms with van der Waals surface area (Å²) in [7, 11) is 2.68. The van der Waals surface area contributed by atoms with E-state index in [0.29, 0.717) is 34.1 Å². The summed E-state index contributed by atoms with van der Waals surface area (Å²) in [6, 6.07) is 9.28. The average Bonchev–Trinajstić information content (AvgIpc) is 2.76. The first-order valence-electron chi connectivity index (χ1n) is 11.9. The van der Waals surface area contributed by atoms with Gasteiger partial charge in [0.05, 0.1) is 37.0 Å². The molecule has 7 heteroatoms. The minimum atomic E-state index is -0.484. The number of methoxy groups -OCH3 is 2. The van der Waals surface area contributed by atoms with E-state index in [-0.39, 0.29) is 13.4 Å². The molecule has 4 rings (SSSR count). The van der Waals surface area contributed by atoms with Crippen LogP contribution in [-0.4, -0.2) is 32.1 Å². The first-order valence-corrected chi connectivity index (χ1v) is 11.9. The Morgan fingerprint density at radius 3 is 1.64 bits per heavy atom. The lowest BCUT2D eigenvalue weighted by Gasteiger charge is -2.28. The van der Waals surface area contributed by atoms with Crippen molar-refractivity contribution in [1.82, 2.24) is 0 Å². The summed E-state index contributed by atoms with van der Waals surface area (Å²) < 4.78 is 9.41. The molecule has 2 saturated carbocycles. The highest BCUT2D eigenvalue weighted by atomic mass is 16.5. The summed E-state index contributed by atoms with van der Waals surface area (Å²) in [5.41, 5.74) is 11.1. The van der Waals surface area contributed by atoms with E-state index in [9.17, 15) is 14.4 Å². The van der Waals surface area contributed by atoms with Gasteiger partial charge in [-0.05, 0) is 85.8 Å². The molecule has 0 aliphatic heterocycles. The zero-order chi connectivity index (χ0) is 25.7. The van der Waals surface area contributed by atoms with Crippen molar-refractivity contribution >= 4 is 17.8 Å². The molecule has 0 unspecified atom stereocenters. The lowest BCUT2D eigenvalue weighted by Crippen LogP contribution is -2.20. The van der Waals surface area contributed by atoms with E-state index in [1.54, 1.807) is 12.1 Å². The second-order valence-corrected chi connectivity index (χ2v) is 9.22. The fourth-order valence-electron chi connectivity index (χ4n) is 4.54. The molecule has 0 aromatic heterocycles. The number of esters is 2. The van der Waals surface area contributed by atoms with Crippen molar-refractivity contribution in [3.8, 4) is 6.07 Å². The van der Waals surface area contributed by atoms with Crippen molar-refractivity contribution in [2.45, 2.75) is 71.6 Å². The highest BCUT2D eigenvalue weighted by Gasteiger charge is 2.26. The van der Waals surface area contributed by atoms with Gasteiger partial charge in [0.1, 0.15) is 0 Å². The van der Waals surface area contributed by atoms with Crippen LogP contribution in [0.25, 0.3) is 0 Å². The van der Waals surface area contributed by atoms with E-state index in [1.165, 1.54) is 27.1 Å². The molecular formula is C29H36N2O5. The highest BCUT2D eigenvalue weighted by Crippen LogP contribution is 2.39. The number of nitriles is 1. The van der Waals surface area contributed by atoms with Gasteiger partial charge in [-0.1, -0.05) is 32.4 Å². The van der Waals surface area contributed by atoms with Crippen LogP contribution in [0.15, 0.2) is 24.3 Å². The second-order valence-electron chi connectivity index (χ2n) is 9.22. The molecule has 1 amide bonds. The molecule has 2 aliphatic carbocycles. The van der Waals surface area contributed by atoms with Crippen LogP contribution in [0.5, 0.6) is 0 Å². The number of carbonyl (C=O) groups excluding carboxylic acids is 3. The third kappa shape index (κ3) is 5.93. The first kappa shape index (κ1) is 28.6. The summed E-state index contributed by atoms with van der Waals surface area (Å²) in [6.45, 7) is 3.73. The Kier molecular flexibility index (Phi) is 9.80. The van der Waals surface area contributed by atoms with E-state index < -0.39 is 11.9 Å². The Hall–Kier alpha value is -3.66. The molecule has 2 N–H and O–H groups in total. The number of hydrogen-bond donors (Lipinski definition) is 1. The first-order chi connectivity index (χ1) is 16.7. The van der Waals surface area contributed by atoms with Crippen LogP contribution in [0, 0.1) is 25.2 Å². The number of nitrogens with two attached hydrogens (primary N) is 1. The number of nitrogens with zero attached hydrogens (tertiary/aromatic N) is 1. The topological polar surface area (TPSA) is 119 Å². The Labute approximate surface area is 213 Å². The third-order valence-electron chi connectivity index (χ3n) is 7.08. The molecule has 2 aliphatic rings. The Balaban J connectivity index is 0.000000247. The molecular weight excluding hydrogens is 456 g/mol. The number of carbonyl (C=O) groups is 3. The minimum absolute atomic E-state index is 0. The largest absolute Gasteiger partial charge is 0.465 e. The maximum atomic E-state index is 11.6. The van der Waals surface area contributed by atoms with Crippen LogP contribution < -0.4 is 5.73 Å². The van der Waals surface area contributed by atoms with Gasteiger partial charge in [0.25, 0.3) is 0 Å². The van der Waals surface area contributed by atoms with Crippen LogP contribution in [-0.2, 0) is 9.47 Å². The quantitative estimate of drug-likeness (QED) is 0.534. The normalized spacial score (nSPS) is 14.5. The Morgan fingerprint density at radius 1 is 0.806 bits per heavy atom. The molecule has 0 heterocycles. The number of amides is 1. The molecule has 2 aromatic rings. The number of ether oxygens (including phenoxy) is 2. The molecule has 192 valence electrons. The summed E-state index contributed by atoms with van der Waals surface area (Å²) in [4.78, 5) is 34.6. The third-order valence-corrected chi connectivity index (χ3v) is 7.08. The Bertz CT molecular complexity index is 1190. The lowest BCUT2D eigenvalue weighted by atomic mass is 9.77. The number of hydrogen-bond acceptors (Lipinski definition) is 6. The van der Waals surface area contributed by atoms with Gasteiger partial charge in [0.15, 0.2) is 0 Å². The molecule has 2 aromatic carbocycles. The van der Waals surface area contributed by atoms with Crippen LogP contribution in [0.3, 0.4) is 0 Å². The molecule has 0 radical (unpaired) electrons. The standard InChI is InChI=1S/C14H17NO3.C14H15NO2.CH4/c1-8-6-11(9-4-3-5-9)12(13(15)16)7-10(8)14(17)18-2;1-9-6-13(10-4-3-5-10)11(8-15)7-12(9)14(16)17-2;/h6-7,9H,3-5H2,1-2H3,(H2,15,16);6-7,10H,3-5H2,1-2H3;1H4. The summed E-state index contributed by atoms with van der Waals surface area (Å²) in [6.07, 6.45) is 6.86. The molecule has 36 heavy (non-hydrogen) atoms. The Morgan fingerprint density at radius 2 is 1.25 bits per heavy atom. The van der Waals surface area contributed by atoms with Crippen molar-refractivity contribution in [3.05, 3.63) is 68.8 Å². The molecule has 2 fully saturated rings. The van der Waals surface area contributed by atoms with Crippen LogP contribution in [0.4, 0.5) is 0 Å². The fourth-order valence-corrected chi connectivity index (χ4v) is 4.54. The summed E-state index contributed by atoms with van der Waals surface area (Å²) in [5, 5.41) is 9.15. The van der Waals surface area contributed by atoms with Crippen molar-refractivity contribution in [2.75, 3.05) is 14.2 Å². The average molecular weight is 493 g/mol. The lowest BCUT2D eigenvalue weighted by molar-refractivity contribution is 0.0590. The number of benzene rings is 2. The van der Waals surface area contributed by atoms with Gasteiger partial charge in [-0.25, -0.2) is 9.59 Å². The molecule has 0 saturated heterocycles. The van der Waals surface area contributed by atoms with Gasteiger partial charge in [-0.3, -0.25) is 4.79 Å². The number of aryl methyl sites for hydroxylation is 2. The second kappa shape index (κ2) is 12.3. The molecule has 0 spiro atoms. The zero-order valence-corrected chi connectivity index (χ0v) is 20.8. The monoisotopic (exact) mass is 492 g/mol. The maximum absolute atomic E-state index is 11.6. The zero-order valence-electron chi connectivity index (χ0n) is 20.8. The maximum Gasteiger partial charge on any atom is 0.338 e. The van der Waals surface area contributed by atoms with Gasteiger partial charge in [0.2, 0.25) is 5.91 Å².